The fourth-order valence-corrected chi connectivity index (χ4v) is 5.32. The zero-order chi connectivity index (χ0) is 19.8. The second-order valence-corrected chi connectivity index (χ2v) is 9.28. The molecule has 0 N–H and O–H groups in total. The van der Waals surface area contributed by atoms with Crippen LogP contribution < -0.4 is 0 Å². The number of carbonyl (C=O) groups excluding carboxylic acids is 1. The van der Waals surface area contributed by atoms with E-state index >= 15 is 0 Å². The summed E-state index contributed by atoms with van der Waals surface area (Å²) in [5.74, 6) is 2.27. The van der Waals surface area contributed by atoms with E-state index < -0.39 is 0 Å². The second-order valence-electron chi connectivity index (χ2n) is 7.62. The molecule has 3 aromatic rings. The molecule has 1 aromatic carbocycles. The van der Waals surface area contributed by atoms with Crippen LogP contribution in [0.15, 0.2) is 42.6 Å². The average molecular weight is 427 g/mol. The molecule has 0 saturated carbocycles. The Morgan fingerprint density at radius 3 is 2.69 bits per heavy atom. The van der Waals surface area contributed by atoms with Crippen LogP contribution >= 0.6 is 23.4 Å². The monoisotopic (exact) mass is 426 g/mol. The smallest absolute Gasteiger partial charge is 0.274 e. The quantitative estimate of drug-likeness (QED) is 0.639. The molecule has 0 radical (unpaired) electrons. The van der Waals surface area contributed by atoms with Crippen molar-refractivity contribution in [1.29, 1.82) is 0 Å². The predicted molar refractivity (Wildman–Crippen MR) is 118 cm³/mol. The molecule has 2 aliphatic rings. The van der Waals surface area contributed by atoms with Crippen LogP contribution in [0.3, 0.4) is 0 Å². The summed E-state index contributed by atoms with van der Waals surface area (Å²) in [6.07, 6.45) is 2.76. The van der Waals surface area contributed by atoms with Gasteiger partial charge in [-0.15, -0.1) is 0 Å². The molecule has 7 heteroatoms. The molecule has 0 unspecified atom stereocenters. The Hall–Kier alpha value is -2.02. The number of carbonyl (C=O) groups is 1. The summed E-state index contributed by atoms with van der Waals surface area (Å²) in [4.78, 5) is 22.6. The summed E-state index contributed by atoms with van der Waals surface area (Å²) in [6, 6.07) is 12.1. The van der Waals surface area contributed by atoms with Gasteiger partial charge in [-0.1, -0.05) is 35.9 Å². The SMILES string of the molecule is O=C(c1nc2ccc(Cl)cn2c1CN1CCSCC1)N1CCc2ccccc2C1. The molecule has 2 aromatic heterocycles. The van der Waals surface area contributed by atoms with Crippen molar-refractivity contribution in [3.8, 4) is 0 Å². The highest BCUT2D eigenvalue weighted by Crippen LogP contribution is 2.24. The van der Waals surface area contributed by atoms with E-state index in [1.807, 2.05) is 45.5 Å². The first-order chi connectivity index (χ1) is 14.2. The molecule has 1 amide bonds. The molecule has 1 fully saturated rings. The van der Waals surface area contributed by atoms with E-state index in [2.05, 4.69) is 23.1 Å². The highest BCUT2D eigenvalue weighted by Gasteiger charge is 2.28. The number of hydrogen-bond donors (Lipinski definition) is 0. The number of rotatable bonds is 3. The molecule has 0 bridgehead atoms. The van der Waals surface area contributed by atoms with E-state index in [1.165, 1.54) is 11.1 Å². The number of amides is 1. The average Bonchev–Trinajstić information content (AvgIpc) is 3.11. The van der Waals surface area contributed by atoms with Gasteiger partial charge in [-0.05, 0) is 29.7 Å². The van der Waals surface area contributed by atoms with Gasteiger partial charge in [0.1, 0.15) is 5.65 Å². The van der Waals surface area contributed by atoms with Crippen LogP contribution in [0.2, 0.25) is 5.02 Å². The maximum atomic E-state index is 13.5. The lowest BCUT2D eigenvalue weighted by atomic mass is 9.99. The van der Waals surface area contributed by atoms with Crippen LogP contribution in [0.1, 0.15) is 27.3 Å². The third-order valence-corrected chi connectivity index (χ3v) is 6.94. The van der Waals surface area contributed by atoms with Crippen LogP contribution in [0.4, 0.5) is 0 Å². The summed E-state index contributed by atoms with van der Waals surface area (Å²) in [5, 5.41) is 0.649. The molecule has 29 heavy (non-hydrogen) atoms. The minimum Gasteiger partial charge on any atom is -0.333 e. The number of aromatic nitrogens is 2. The van der Waals surface area contributed by atoms with Crippen molar-refractivity contribution < 1.29 is 4.79 Å². The molecule has 4 heterocycles. The number of nitrogens with zero attached hydrogens (tertiary/aromatic N) is 4. The van der Waals surface area contributed by atoms with Crippen molar-refractivity contribution in [2.45, 2.75) is 19.5 Å². The maximum Gasteiger partial charge on any atom is 0.274 e. The third-order valence-electron chi connectivity index (χ3n) is 5.78. The summed E-state index contributed by atoms with van der Waals surface area (Å²) in [6.45, 7) is 4.15. The molecule has 2 aliphatic heterocycles. The lowest BCUT2D eigenvalue weighted by molar-refractivity contribution is 0.0727. The molecular formula is C22H23ClN4OS. The van der Waals surface area contributed by atoms with Crippen LogP contribution in [-0.2, 0) is 19.5 Å². The summed E-state index contributed by atoms with van der Waals surface area (Å²) in [7, 11) is 0. The van der Waals surface area contributed by atoms with Crippen LogP contribution in [0, 0.1) is 0 Å². The Kier molecular flexibility index (Phi) is 5.24. The highest BCUT2D eigenvalue weighted by molar-refractivity contribution is 7.99. The van der Waals surface area contributed by atoms with Crippen molar-refractivity contribution in [3.05, 3.63) is 70.1 Å². The molecule has 150 valence electrons. The van der Waals surface area contributed by atoms with Crippen molar-refractivity contribution in [1.82, 2.24) is 19.2 Å². The minimum atomic E-state index is 0.0145. The maximum absolute atomic E-state index is 13.5. The number of pyridine rings is 1. The molecule has 5 nitrogen and oxygen atoms in total. The van der Waals surface area contributed by atoms with E-state index in [9.17, 15) is 4.79 Å². The minimum absolute atomic E-state index is 0.0145. The third kappa shape index (κ3) is 3.77. The zero-order valence-corrected chi connectivity index (χ0v) is 17.8. The Bertz CT molecular complexity index is 1060. The molecule has 0 aliphatic carbocycles. The lowest BCUT2D eigenvalue weighted by Gasteiger charge is -2.29. The number of fused-ring (bicyclic) bond motifs is 2. The Morgan fingerprint density at radius 1 is 1.07 bits per heavy atom. The number of imidazole rings is 1. The van der Waals surface area contributed by atoms with Crippen molar-refractivity contribution in [2.24, 2.45) is 0 Å². The first-order valence-corrected chi connectivity index (χ1v) is 11.5. The number of hydrogen-bond acceptors (Lipinski definition) is 4. The van der Waals surface area contributed by atoms with Gasteiger partial charge >= 0.3 is 0 Å². The van der Waals surface area contributed by atoms with Gasteiger partial charge in [-0.2, -0.15) is 11.8 Å². The van der Waals surface area contributed by atoms with E-state index in [4.69, 9.17) is 16.6 Å². The van der Waals surface area contributed by atoms with Gasteiger partial charge < -0.3 is 9.30 Å². The fourth-order valence-electron chi connectivity index (χ4n) is 4.18. The predicted octanol–water partition coefficient (Wildman–Crippen LogP) is 3.74. The lowest BCUT2D eigenvalue weighted by Crippen LogP contribution is -2.37. The molecule has 1 saturated heterocycles. The standard InChI is InChI=1S/C22H23ClN4OS/c23-18-5-6-20-24-21(19(27(20)14-18)15-25-9-11-29-12-10-25)22(28)26-8-7-16-3-1-2-4-17(16)13-26/h1-6,14H,7-13,15H2. The normalized spacial score (nSPS) is 17.5. The fraction of sp³-hybridized carbons (Fsp3) is 0.364. The van der Waals surface area contributed by atoms with Crippen molar-refractivity contribution in [2.75, 3.05) is 31.1 Å². The first-order valence-electron chi connectivity index (χ1n) is 10.0. The van der Waals surface area contributed by atoms with E-state index in [-0.39, 0.29) is 5.91 Å². The number of benzene rings is 1. The second kappa shape index (κ2) is 8.01. The van der Waals surface area contributed by atoms with Gasteiger partial charge in [0.2, 0.25) is 0 Å². The summed E-state index contributed by atoms with van der Waals surface area (Å²) >= 11 is 8.25. The van der Waals surface area contributed by atoms with E-state index in [0.29, 0.717) is 23.8 Å². The topological polar surface area (TPSA) is 40.9 Å². The Labute approximate surface area is 179 Å². The summed E-state index contributed by atoms with van der Waals surface area (Å²) in [5.41, 5.74) is 4.84. The Balaban J connectivity index is 1.50. The van der Waals surface area contributed by atoms with Crippen LogP contribution in [0.5, 0.6) is 0 Å². The van der Waals surface area contributed by atoms with Gasteiger partial charge in [-0.25, -0.2) is 4.98 Å². The molecule has 0 spiro atoms. The first kappa shape index (κ1) is 19.0. The van der Waals surface area contributed by atoms with Gasteiger partial charge in [0.15, 0.2) is 5.69 Å². The van der Waals surface area contributed by atoms with E-state index in [0.717, 1.165) is 48.9 Å². The van der Waals surface area contributed by atoms with Gasteiger partial charge in [-0.3, -0.25) is 9.69 Å². The highest BCUT2D eigenvalue weighted by atomic mass is 35.5. The van der Waals surface area contributed by atoms with Gasteiger partial charge in [0.05, 0.1) is 10.7 Å². The van der Waals surface area contributed by atoms with Gasteiger partial charge in [0, 0.05) is 50.4 Å². The van der Waals surface area contributed by atoms with Crippen LogP contribution in [-0.4, -0.2) is 56.2 Å². The molecule has 5 rings (SSSR count). The molecular weight excluding hydrogens is 404 g/mol. The molecule has 0 atom stereocenters. The van der Waals surface area contributed by atoms with Crippen LogP contribution in [0.25, 0.3) is 5.65 Å². The largest absolute Gasteiger partial charge is 0.333 e. The summed E-state index contributed by atoms with van der Waals surface area (Å²) < 4.78 is 2.00. The van der Waals surface area contributed by atoms with Crippen molar-refractivity contribution in [3.63, 3.8) is 0 Å². The van der Waals surface area contributed by atoms with Crippen molar-refractivity contribution >= 4 is 34.9 Å². The van der Waals surface area contributed by atoms with Gasteiger partial charge in [0.25, 0.3) is 5.91 Å². The Morgan fingerprint density at radius 2 is 1.86 bits per heavy atom. The van der Waals surface area contributed by atoms with E-state index in [1.54, 1.807) is 0 Å². The number of halogens is 1. The number of thioether (sulfide) groups is 1. The zero-order valence-electron chi connectivity index (χ0n) is 16.2.